The highest BCUT2D eigenvalue weighted by molar-refractivity contribution is 9.08. The lowest BCUT2D eigenvalue weighted by molar-refractivity contribution is 0.193. The van der Waals surface area contributed by atoms with Crippen LogP contribution in [-0.2, 0) is 10.1 Å². The third-order valence-corrected chi connectivity index (χ3v) is 3.82. The van der Waals surface area contributed by atoms with Crippen LogP contribution in [0.5, 0.6) is 0 Å². The molecule has 1 fully saturated rings. The molecule has 1 aliphatic heterocycles. The molecule has 0 bridgehead atoms. The summed E-state index contributed by atoms with van der Waals surface area (Å²) in [5.74, 6) is 0. The molecular weight excluding hydrogens is 266 g/mol. The van der Waals surface area contributed by atoms with Crippen molar-refractivity contribution in [2.75, 3.05) is 25.2 Å². The Hall–Kier alpha value is -0.540. The Balaban J connectivity index is 2.24. The molecule has 1 aliphatic rings. The van der Waals surface area contributed by atoms with Crippen molar-refractivity contribution in [2.24, 2.45) is 0 Å². The van der Waals surface area contributed by atoms with E-state index >= 15 is 0 Å². The Morgan fingerprint density at radius 2 is 2.31 bits per heavy atom. The monoisotopic (exact) mass is 283 g/mol. The highest BCUT2D eigenvalue weighted by Gasteiger charge is 2.21. The molecule has 1 heterocycles. The molecule has 16 heavy (non-hydrogen) atoms. The van der Waals surface area contributed by atoms with E-state index in [-0.39, 0.29) is 0 Å². The first-order chi connectivity index (χ1) is 7.72. The fraction of sp³-hybridized carbons (Fsp3) is 0.538. The van der Waals surface area contributed by atoms with E-state index in [0.717, 1.165) is 25.0 Å². The van der Waals surface area contributed by atoms with Gasteiger partial charge in [0.15, 0.2) is 0 Å². The van der Waals surface area contributed by atoms with E-state index in [1.807, 2.05) is 0 Å². The maximum absolute atomic E-state index is 5.44. The standard InChI is InChI=1S/C13H18BrNO/c1-10-3-4-13(11(7-10)8-14)15(2)12-5-6-16-9-12/h3-4,7,12H,5-6,8-9H2,1-2H3. The lowest BCUT2D eigenvalue weighted by atomic mass is 10.1. The Kier molecular flexibility index (Phi) is 3.87. The van der Waals surface area contributed by atoms with Crippen molar-refractivity contribution in [3.05, 3.63) is 29.3 Å². The van der Waals surface area contributed by atoms with Crippen molar-refractivity contribution < 1.29 is 4.74 Å². The molecule has 0 saturated carbocycles. The Morgan fingerprint density at radius 1 is 1.50 bits per heavy atom. The number of alkyl halides is 1. The molecule has 0 N–H and O–H groups in total. The number of hydrogen-bond acceptors (Lipinski definition) is 2. The van der Waals surface area contributed by atoms with Gasteiger partial charge in [-0.2, -0.15) is 0 Å². The van der Waals surface area contributed by atoms with Crippen molar-refractivity contribution in [3.63, 3.8) is 0 Å². The maximum atomic E-state index is 5.44. The summed E-state index contributed by atoms with van der Waals surface area (Å²) in [6, 6.07) is 7.16. The van der Waals surface area contributed by atoms with Crippen LogP contribution in [0.25, 0.3) is 0 Å². The summed E-state index contributed by atoms with van der Waals surface area (Å²) in [7, 11) is 2.16. The first-order valence-corrected chi connectivity index (χ1v) is 6.80. The van der Waals surface area contributed by atoms with Gasteiger partial charge < -0.3 is 9.64 Å². The van der Waals surface area contributed by atoms with Crippen LogP contribution in [0.3, 0.4) is 0 Å². The van der Waals surface area contributed by atoms with Gasteiger partial charge >= 0.3 is 0 Å². The van der Waals surface area contributed by atoms with E-state index < -0.39 is 0 Å². The highest BCUT2D eigenvalue weighted by atomic mass is 79.9. The molecule has 1 atom stereocenters. The van der Waals surface area contributed by atoms with Gasteiger partial charge in [0.2, 0.25) is 0 Å². The zero-order valence-corrected chi connectivity index (χ0v) is 11.5. The molecule has 0 amide bonds. The second kappa shape index (κ2) is 5.19. The van der Waals surface area contributed by atoms with E-state index in [0.29, 0.717) is 6.04 Å². The third-order valence-electron chi connectivity index (χ3n) is 3.21. The zero-order valence-electron chi connectivity index (χ0n) is 9.87. The summed E-state index contributed by atoms with van der Waals surface area (Å²) in [5, 5.41) is 0.905. The van der Waals surface area contributed by atoms with Gasteiger partial charge in [-0.05, 0) is 25.0 Å². The molecule has 0 aromatic heterocycles. The molecule has 1 unspecified atom stereocenters. The Labute approximate surface area is 106 Å². The maximum Gasteiger partial charge on any atom is 0.0670 e. The number of hydrogen-bond donors (Lipinski definition) is 0. The summed E-state index contributed by atoms with van der Waals surface area (Å²) in [6.07, 6.45) is 1.13. The van der Waals surface area contributed by atoms with Crippen LogP contribution >= 0.6 is 15.9 Å². The number of anilines is 1. The smallest absolute Gasteiger partial charge is 0.0670 e. The molecular formula is C13H18BrNO. The van der Waals surface area contributed by atoms with Gasteiger partial charge in [-0.1, -0.05) is 33.6 Å². The lowest BCUT2D eigenvalue weighted by Gasteiger charge is -2.27. The van der Waals surface area contributed by atoms with Gasteiger partial charge in [-0.3, -0.25) is 0 Å². The first-order valence-electron chi connectivity index (χ1n) is 5.68. The van der Waals surface area contributed by atoms with Crippen molar-refractivity contribution in [1.29, 1.82) is 0 Å². The number of likely N-dealkylation sites (N-methyl/N-ethyl adjacent to an activating group) is 1. The van der Waals surface area contributed by atoms with Crippen LogP contribution in [0.2, 0.25) is 0 Å². The predicted octanol–water partition coefficient (Wildman–Crippen LogP) is 3.12. The number of rotatable bonds is 3. The van der Waals surface area contributed by atoms with Gasteiger partial charge in [0.1, 0.15) is 0 Å². The van der Waals surface area contributed by atoms with Crippen LogP contribution in [0.15, 0.2) is 18.2 Å². The van der Waals surface area contributed by atoms with Crippen LogP contribution in [0.4, 0.5) is 5.69 Å². The SMILES string of the molecule is Cc1ccc(N(C)C2CCOC2)c(CBr)c1. The van der Waals surface area contributed by atoms with Crippen molar-refractivity contribution >= 4 is 21.6 Å². The van der Waals surface area contributed by atoms with Crippen molar-refractivity contribution in [3.8, 4) is 0 Å². The molecule has 2 nitrogen and oxygen atoms in total. The van der Waals surface area contributed by atoms with Crippen LogP contribution < -0.4 is 4.90 Å². The van der Waals surface area contributed by atoms with E-state index in [2.05, 4.69) is 53.0 Å². The molecule has 3 heteroatoms. The van der Waals surface area contributed by atoms with Gasteiger partial charge in [0.05, 0.1) is 12.6 Å². The van der Waals surface area contributed by atoms with Crippen molar-refractivity contribution in [1.82, 2.24) is 0 Å². The van der Waals surface area contributed by atoms with E-state index in [1.165, 1.54) is 16.8 Å². The van der Waals surface area contributed by atoms with E-state index in [1.54, 1.807) is 0 Å². The number of halogens is 1. The van der Waals surface area contributed by atoms with Crippen molar-refractivity contribution in [2.45, 2.75) is 24.7 Å². The molecule has 88 valence electrons. The minimum atomic E-state index is 0.528. The van der Waals surface area contributed by atoms with E-state index in [4.69, 9.17) is 4.74 Å². The average molecular weight is 284 g/mol. The predicted molar refractivity (Wildman–Crippen MR) is 71.4 cm³/mol. The molecule has 1 saturated heterocycles. The number of ether oxygens (including phenoxy) is 1. The van der Waals surface area contributed by atoms with E-state index in [9.17, 15) is 0 Å². The van der Waals surface area contributed by atoms with Gasteiger partial charge in [0.25, 0.3) is 0 Å². The molecule has 0 radical (unpaired) electrons. The highest BCUT2D eigenvalue weighted by Crippen LogP contribution is 2.26. The first kappa shape index (κ1) is 11.9. The average Bonchev–Trinajstić information content (AvgIpc) is 2.81. The largest absolute Gasteiger partial charge is 0.379 e. The number of nitrogens with zero attached hydrogens (tertiary/aromatic N) is 1. The summed E-state index contributed by atoms with van der Waals surface area (Å²) >= 11 is 3.56. The number of benzene rings is 1. The topological polar surface area (TPSA) is 12.5 Å². The normalized spacial score (nSPS) is 20.1. The number of aryl methyl sites for hydroxylation is 1. The Bertz CT molecular complexity index is 361. The molecule has 2 rings (SSSR count). The van der Waals surface area contributed by atoms with Gasteiger partial charge in [-0.25, -0.2) is 0 Å². The van der Waals surface area contributed by atoms with Gasteiger partial charge in [0, 0.05) is 24.7 Å². The van der Waals surface area contributed by atoms with Crippen LogP contribution in [0.1, 0.15) is 17.5 Å². The zero-order chi connectivity index (χ0) is 11.5. The van der Waals surface area contributed by atoms with Crippen LogP contribution in [-0.4, -0.2) is 26.3 Å². The fourth-order valence-electron chi connectivity index (χ4n) is 2.19. The van der Waals surface area contributed by atoms with Gasteiger partial charge in [-0.15, -0.1) is 0 Å². The second-order valence-corrected chi connectivity index (χ2v) is 4.95. The lowest BCUT2D eigenvalue weighted by Crippen LogP contribution is -2.32. The quantitative estimate of drug-likeness (QED) is 0.791. The second-order valence-electron chi connectivity index (χ2n) is 4.39. The fourth-order valence-corrected chi connectivity index (χ4v) is 2.64. The summed E-state index contributed by atoms with van der Waals surface area (Å²) < 4.78 is 5.44. The summed E-state index contributed by atoms with van der Waals surface area (Å²) in [4.78, 5) is 2.35. The molecule has 0 aliphatic carbocycles. The Morgan fingerprint density at radius 3 is 2.94 bits per heavy atom. The molecule has 1 aromatic rings. The molecule has 0 spiro atoms. The summed E-state index contributed by atoms with van der Waals surface area (Å²) in [6.45, 7) is 3.88. The summed E-state index contributed by atoms with van der Waals surface area (Å²) in [5.41, 5.74) is 3.99. The molecule has 1 aromatic carbocycles. The van der Waals surface area contributed by atoms with Crippen LogP contribution in [0, 0.1) is 6.92 Å². The minimum absolute atomic E-state index is 0.528. The third kappa shape index (κ3) is 2.41. The minimum Gasteiger partial charge on any atom is -0.379 e.